The van der Waals surface area contributed by atoms with Crippen LogP contribution in [0.5, 0.6) is 5.75 Å². The first-order valence-electron chi connectivity index (χ1n) is 7.72. The van der Waals surface area contributed by atoms with Crippen molar-refractivity contribution in [2.75, 3.05) is 11.9 Å². The highest BCUT2D eigenvalue weighted by molar-refractivity contribution is 5.98. The molecule has 2 aromatic carbocycles. The lowest BCUT2D eigenvalue weighted by Gasteiger charge is -2.10. The molecule has 0 radical (unpaired) electrons. The average Bonchev–Trinajstić information content (AvgIpc) is 2.58. The number of ether oxygens (including phenoxy) is 1. The van der Waals surface area contributed by atoms with Crippen molar-refractivity contribution < 1.29 is 24.4 Å². The SMILES string of the molecule is Cc1cc(NC(=O)COC(=O)c2cccc(C)c2O)c([N+](=O)[O-])cc1C. The summed E-state index contributed by atoms with van der Waals surface area (Å²) in [5, 5.41) is 23.3. The Morgan fingerprint density at radius 1 is 1.15 bits per heavy atom. The lowest BCUT2D eigenvalue weighted by Crippen LogP contribution is -2.21. The Morgan fingerprint density at radius 2 is 1.81 bits per heavy atom. The summed E-state index contributed by atoms with van der Waals surface area (Å²) in [7, 11) is 0. The molecule has 1 amide bonds. The monoisotopic (exact) mass is 358 g/mol. The van der Waals surface area contributed by atoms with Crippen LogP contribution in [0.4, 0.5) is 11.4 Å². The molecule has 0 atom stereocenters. The molecule has 0 aliphatic heterocycles. The molecule has 2 rings (SSSR count). The third-order valence-corrected chi connectivity index (χ3v) is 3.87. The van der Waals surface area contributed by atoms with E-state index in [1.54, 1.807) is 32.9 Å². The second-order valence-electron chi connectivity index (χ2n) is 5.81. The molecule has 0 unspecified atom stereocenters. The number of benzene rings is 2. The van der Waals surface area contributed by atoms with E-state index in [4.69, 9.17) is 4.74 Å². The maximum atomic E-state index is 12.0. The van der Waals surface area contributed by atoms with Gasteiger partial charge in [0.1, 0.15) is 17.0 Å². The van der Waals surface area contributed by atoms with Gasteiger partial charge in [0.25, 0.3) is 11.6 Å². The average molecular weight is 358 g/mol. The fourth-order valence-electron chi connectivity index (χ4n) is 2.27. The number of hydrogen-bond acceptors (Lipinski definition) is 6. The van der Waals surface area contributed by atoms with Gasteiger partial charge in [0, 0.05) is 6.07 Å². The summed E-state index contributed by atoms with van der Waals surface area (Å²) >= 11 is 0. The van der Waals surface area contributed by atoms with Crippen LogP contribution in [0.3, 0.4) is 0 Å². The zero-order valence-electron chi connectivity index (χ0n) is 14.5. The number of aromatic hydroxyl groups is 1. The lowest BCUT2D eigenvalue weighted by atomic mass is 10.1. The number of nitro benzene ring substituents is 1. The third kappa shape index (κ3) is 4.15. The quantitative estimate of drug-likeness (QED) is 0.482. The molecule has 8 heteroatoms. The molecule has 136 valence electrons. The summed E-state index contributed by atoms with van der Waals surface area (Å²) in [6.45, 7) is 4.47. The van der Waals surface area contributed by atoms with Crippen molar-refractivity contribution in [2.45, 2.75) is 20.8 Å². The van der Waals surface area contributed by atoms with E-state index in [2.05, 4.69) is 5.32 Å². The number of phenols is 1. The van der Waals surface area contributed by atoms with Gasteiger partial charge in [-0.15, -0.1) is 0 Å². The van der Waals surface area contributed by atoms with E-state index in [9.17, 15) is 24.8 Å². The predicted molar refractivity (Wildman–Crippen MR) is 94.3 cm³/mol. The molecule has 8 nitrogen and oxygen atoms in total. The van der Waals surface area contributed by atoms with Crippen molar-refractivity contribution in [3.8, 4) is 5.75 Å². The van der Waals surface area contributed by atoms with E-state index in [0.717, 1.165) is 11.1 Å². The highest BCUT2D eigenvalue weighted by Gasteiger charge is 2.19. The van der Waals surface area contributed by atoms with Crippen molar-refractivity contribution >= 4 is 23.3 Å². The Balaban J connectivity index is 2.08. The Morgan fingerprint density at radius 3 is 2.46 bits per heavy atom. The van der Waals surface area contributed by atoms with Crippen LogP contribution in [-0.4, -0.2) is 28.5 Å². The number of anilines is 1. The first-order chi connectivity index (χ1) is 12.2. The summed E-state index contributed by atoms with van der Waals surface area (Å²) in [4.78, 5) is 34.5. The first-order valence-corrected chi connectivity index (χ1v) is 7.72. The van der Waals surface area contributed by atoms with Crippen LogP contribution in [-0.2, 0) is 9.53 Å². The topological polar surface area (TPSA) is 119 Å². The summed E-state index contributed by atoms with van der Waals surface area (Å²) in [6, 6.07) is 7.42. The molecule has 0 fully saturated rings. The number of nitrogens with one attached hydrogen (secondary N) is 1. The normalized spacial score (nSPS) is 10.3. The van der Waals surface area contributed by atoms with E-state index < -0.39 is 23.4 Å². The number of carbonyl (C=O) groups is 2. The molecule has 0 spiro atoms. The molecule has 0 aliphatic carbocycles. The second kappa shape index (κ2) is 7.64. The summed E-state index contributed by atoms with van der Waals surface area (Å²) in [5.41, 5.74) is 1.70. The van der Waals surface area contributed by atoms with Gasteiger partial charge in [-0.05, 0) is 49.6 Å². The maximum Gasteiger partial charge on any atom is 0.342 e. The van der Waals surface area contributed by atoms with Crippen LogP contribution in [0.25, 0.3) is 0 Å². The minimum Gasteiger partial charge on any atom is -0.507 e. The third-order valence-electron chi connectivity index (χ3n) is 3.87. The van der Waals surface area contributed by atoms with E-state index in [1.807, 2.05) is 0 Å². The summed E-state index contributed by atoms with van der Waals surface area (Å²) < 4.78 is 4.87. The van der Waals surface area contributed by atoms with Gasteiger partial charge < -0.3 is 15.2 Å². The molecule has 0 aromatic heterocycles. The van der Waals surface area contributed by atoms with E-state index in [-0.39, 0.29) is 22.7 Å². The number of para-hydroxylation sites is 1. The van der Waals surface area contributed by atoms with Gasteiger partial charge in [0.2, 0.25) is 0 Å². The number of carbonyl (C=O) groups excluding carboxylic acids is 2. The van der Waals surface area contributed by atoms with Gasteiger partial charge in [-0.25, -0.2) is 4.79 Å². The molecular formula is C18H18N2O6. The standard InChI is InChI=1S/C18H18N2O6/c1-10-5-4-6-13(17(10)22)18(23)26-9-16(21)19-14-7-11(2)12(3)8-15(14)20(24)25/h4-8,22H,9H2,1-3H3,(H,19,21). The summed E-state index contributed by atoms with van der Waals surface area (Å²) in [6.07, 6.45) is 0. The number of nitro groups is 1. The van der Waals surface area contributed by atoms with Crippen molar-refractivity contribution in [1.82, 2.24) is 0 Å². The molecule has 0 saturated carbocycles. The zero-order chi connectivity index (χ0) is 19.4. The Hall–Kier alpha value is -3.42. The molecule has 26 heavy (non-hydrogen) atoms. The highest BCUT2D eigenvalue weighted by atomic mass is 16.6. The fraction of sp³-hybridized carbons (Fsp3) is 0.222. The first kappa shape index (κ1) is 18.9. The molecule has 0 bridgehead atoms. The number of hydrogen-bond donors (Lipinski definition) is 2. The number of esters is 1. The van der Waals surface area contributed by atoms with Crippen molar-refractivity contribution in [2.24, 2.45) is 0 Å². The minimum absolute atomic E-state index is 0.0255. The molecule has 0 saturated heterocycles. The van der Waals surface area contributed by atoms with E-state index >= 15 is 0 Å². The van der Waals surface area contributed by atoms with Gasteiger partial charge in [0.15, 0.2) is 6.61 Å². The van der Waals surface area contributed by atoms with Crippen LogP contribution in [0.1, 0.15) is 27.0 Å². The molecule has 2 N–H and O–H groups in total. The van der Waals surface area contributed by atoms with Gasteiger partial charge in [-0.2, -0.15) is 0 Å². The highest BCUT2D eigenvalue weighted by Crippen LogP contribution is 2.28. The number of amides is 1. The Labute approximate surface area is 149 Å². The van der Waals surface area contributed by atoms with Crippen LogP contribution >= 0.6 is 0 Å². The minimum atomic E-state index is -0.865. The maximum absolute atomic E-state index is 12.0. The smallest absolute Gasteiger partial charge is 0.342 e. The van der Waals surface area contributed by atoms with Crippen molar-refractivity contribution in [3.63, 3.8) is 0 Å². The largest absolute Gasteiger partial charge is 0.507 e. The predicted octanol–water partition coefficient (Wildman–Crippen LogP) is 3.02. The van der Waals surface area contributed by atoms with Gasteiger partial charge in [-0.3, -0.25) is 14.9 Å². The van der Waals surface area contributed by atoms with Crippen molar-refractivity contribution in [1.29, 1.82) is 0 Å². The molecule has 0 heterocycles. The molecular weight excluding hydrogens is 340 g/mol. The zero-order valence-corrected chi connectivity index (χ0v) is 14.5. The van der Waals surface area contributed by atoms with E-state index in [0.29, 0.717) is 5.56 Å². The Bertz CT molecular complexity index is 891. The van der Waals surface area contributed by atoms with Gasteiger partial charge in [-0.1, -0.05) is 12.1 Å². The second-order valence-corrected chi connectivity index (χ2v) is 5.81. The lowest BCUT2D eigenvalue weighted by molar-refractivity contribution is -0.384. The Kier molecular flexibility index (Phi) is 5.56. The number of aryl methyl sites for hydroxylation is 3. The van der Waals surface area contributed by atoms with Gasteiger partial charge >= 0.3 is 5.97 Å². The van der Waals surface area contributed by atoms with Crippen molar-refractivity contribution in [3.05, 3.63) is 62.7 Å². The van der Waals surface area contributed by atoms with E-state index in [1.165, 1.54) is 18.2 Å². The molecule has 2 aromatic rings. The van der Waals surface area contributed by atoms with Gasteiger partial charge in [0.05, 0.1) is 4.92 Å². The van der Waals surface area contributed by atoms with Crippen LogP contribution in [0.2, 0.25) is 0 Å². The van der Waals surface area contributed by atoms with Crippen LogP contribution < -0.4 is 5.32 Å². The van der Waals surface area contributed by atoms with Crippen LogP contribution in [0, 0.1) is 30.9 Å². The summed E-state index contributed by atoms with van der Waals surface area (Å²) in [5.74, 6) is -1.81. The molecule has 0 aliphatic rings. The van der Waals surface area contributed by atoms with Crippen LogP contribution in [0.15, 0.2) is 30.3 Å². The fourth-order valence-corrected chi connectivity index (χ4v) is 2.27. The number of nitrogens with zero attached hydrogens (tertiary/aromatic N) is 1. The number of rotatable bonds is 5. The number of phenolic OH excluding ortho intramolecular Hbond substituents is 1.